The van der Waals surface area contributed by atoms with Crippen LogP contribution in [0, 0.1) is 0 Å². The summed E-state index contributed by atoms with van der Waals surface area (Å²) in [5.74, 6) is 1.94. The van der Waals surface area contributed by atoms with Gasteiger partial charge in [0.25, 0.3) is 0 Å². The molecular formula is C22H36N4O2. The highest BCUT2D eigenvalue weighted by Gasteiger charge is 2.26. The molecule has 1 amide bonds. The first-order valence-electron chi connectivity index (χ1n) is 10.3. The Morgan fingerprint density at radius 2 is 2.04 bits per heavy atom. The molecule has 1 saturated heterocycles. The van der Waals surface area contributed by atoms with Gasteiger partial charge in [0.1, 0.15) is 11.4 Å². The van der Waals surface area contributed by atoms with Gasteiger partial charge in [-0.05, 0) is 46.1 Å². The molecule has 2 rings (SSSR count). The monoisotopic (exact) mass is 388 g/mol. The number of aliphatic imine (C=N–C) groups is 1. The number of para-hydroxylation sites is 1. The first-order valence-corrected chi connectivity index (χ1v) is 10.3. The van der Waals surface area contributed by atoms with Crippen LogP contribution in [0.4, 0.5) is 0 Å². The minimum Gasteiger partial charge on any atom is -0.488 e. The van der Waals surface area contributed by atoms with E-state index in [1.807, 2.05) is 43.9 Å². The third kappa shape index (κ3) is 6.73. The first-order chi connectivity index (χ1) is 13.3. The van der Waals surface area contributed by atoms with E-state index in [2.05, 4.69) is 28.6 Å². The number of carbonyl (C=O) groups excluding carboxylic acids is 1. The van der Waals surface area contributed by atoms with Gasteiger partial charge in [-0.25, -0.2) is 0 Å². The van der Waals surface area contributed by atoms with Crippen LogP contribution in [0.2, 0.25) is 0 Å². The first kappa shape index (κ1) is 22.1. The van der Waals surface area contributed by atoms with Gasteiger partial charge in [0.15, 0.2) is 5.96 Å². The average molecular weight is 389 g/mol. The Labute approximate surface area is 169 Å². The average Bonchev–Trinajstić information content (AvgIpc) is 3.07. The second kappa shape index (κ2) is 10.3. The standard InChI is InChI=1S/C22H36N4O2/c1-6-18(26-15-9-12-20(26)27)13-14-24-21(23-5)25-16-17-10-7-8-11-19(17)28-22(2,3)4/h7-8,10-11,18H,6,9,12-16H2,1-5H3,(H2,23,24,25). The highest BCUT2D eigenvalue weighted by atomic mass is 16.5. The lowest BCUT2D eigenvalue weighted by Gasteiger charge is -2.27. The minimum absolute atomic E-state index is 0.238. The van der Waals surface area contributed by atoms with Crippen LogP contribution in [0.3, 0.4) is 0 Å². The summed E-state index contributed by atoms with van der Waals surface area (Å²) in [5.41, 5.74) is 0.854. The Morgan fingerprint density at radius 3 is 2.64 bits per heavy atom. The Bertz CT molecular complexity index is 667. The summed E-state index contributed by atoms with van der Waals surface area (Å²) in [6.45, 7) is 10.6. The molecule has 1 aliphatic rings. The third-order valence-corrected chi connectivity index (χ3v) is 4.85. The van der Waals surface area contributed by atoms with Crippen LogP contribution in [-0.2, 0) is 11.3 Å². The van der Waals surface area contributed by atoms with Gasteiger partial charge in [-0.3, -0.25) is 9.79 Å². The van der Waals surface area contributed by atoms with Crippen molar-refractivity contribution < 1.29 is 9.53 Å². The zero-order chi connectivity index (χ0) is 20.6. The van der Waals surface area contributed by atoms with Crippen LogP contribution in [-0.4, -0.2) is 48.5 Å². The number of ether oxygens (including phenoxy) is 1. The molecule has 0 saturated carbocycles. The molecule has 0 aliphatic carbocycles. The van der Waals surface area contributed by atoms with Crippen molar-refractivity contribution in [1.82, 2.24) is 15.5 Å². The van der Waals surface area contributed by atoms with E-state index < -0.39 is 0 Å². The van der Waals surface area contributed by atoms with Crippen molar-refractivity contribution in [3.8, 4) is 5.75 Å². The SMILES string of the molecule is CCC(CCNC(=NC)NCc1ccccc1OC(C)(C)C)N1CCCC1=O. The summed E-state index contributed by atoms with van der Waals surface area (Å²) in [6.07, 6.45) is 3.59. The zero-order valence-electron chi connectivity index (χ0n) is 18.0. The van der Waals surface area contributed by atoms with Crippen molar-refractivity contribution in [3.05, 3.63) is 29.8 Å². The highest BCUT2D eigenvalue weighted by molar-refractivity contribution is 5.80. The molecule has 6 nitrogen and oxygen atoms in total. The van der Waals surface area contributed by atoms with Crippen LogP contribution in [0.5, 0.6) is 5.75 Å². The predicted molar refractivity (Wildman–Crippen MR) is 115 cm³/mol. The van der Waals surface area contributed by atoms with E-state index in [1.54, 1.807) is 7.05 Å². The lowest BCUT2D eigenvalue weighted by Crippen LogP contribution is -2.41. The van der Waals surface area contributed by atoms with Gasteiger partial charge >= 0.3 is 0 Å². The maximum Gasteiger partial charge on any atom is 0.222 e. The number of hydrogen-bond acceptors (Lipinski definition) is 3. The smallest absolute Gasteiger partial charge is 0.222 e. The van der Waals surface area contributed by atoms with E-state index in [0.29, 0.717) is 24.9 Å². The Kier molecular flexibility index (Phi) is 8.15. The van der Waals surface area contributed by atoms with Crippen LogP contribution in [0.15, 0.2) is 29.3 Å². The van der Waals surface area contributed by atoms with Gasteiger partial charge in [-0.1, -0.05) is 25.1 Å². The molecule has 1 aromatic rings. The van der Waals surface area contributed by atoms with E-state index in [1.165, 1.54) is 0 Å². The number of carbonyl (C=O) groups is 1. The molecule has 28 heavy (non-hydrogen) atoms. The quantitative estimate of drug-likeness (QED) is 0.530. The molecule has 0 bridgehead atoms. The number of nitrogens with one attached hydrogen (secondary N) is 2. The second-order valence-electron chi connectivity index (χ2n) is 8.22. The summed E-state index contributed by atoms with van der Waals surface area (Å²) >= 11 is 0. The summed E-state index contributed by atoms with van der Waals surface area (Å²) in [6, 6.07) is 8.37. The van der Waals surface area contributed by atoms with Gasteiger partial charge in [-0.15, -0.1) is 0 Å². The molecule has 156 valence electrons. The summed E-state index contributed by atoms with van der Waals surface area (Å²) < 4.78 is 6.06. The lowest BCUT2D eigenvalue weighted by molar-refractivity contribution is -0.129. The fourth-order valence-electron chi connectivity index (χ4n) is 3.47. The van der Waals surface area contributed by atoms with Crippen molar-refractivity contribution >= 4 is 11.9 Å². The molecule has 1 heterocycles. The van der Waals surface area contributed by atoms with Crippen LogP contribution in [0.25, 0.3) is 0 Å². The van der Waals surface area contributed by atoms with Crippen molar-refractivity contribution in [2.75, 3.05) is 20.1 Å². The fraction of sp³-hybridized carbons (Fsp3) is 0.636. The van der Waals surface area contributed by atoms with Gasteiger partial charge < -0.3 is 20.3 Å². The molecular weight excluding hydrogens is 352 g/mol. The third-order valence-electron chi connectivity index (χ3n) is 4.85. The Hall–Kier alpha value is -2.24. The van der Waals surface area contributed by atoms with Gasteiger partial charge in [0.2, 0.25) is 5.91 Å². The molecule has 1 fully saturated rings. The summed E-state index contributed by atoms with van der Waals surface area (Å²) in [7, 11) is 1.77. The number of hydrogen-bond donors (Lipinski definition) is 2. The fourth-order valence-corrected chi connectivity index (χ4v) is 3.47. The van der Waals surface area contributed by atoms with Crippen LogP contribution >= 0.6 is 0 Å². The number of benzene rings is 1. The van der Waals surface area contributed by atoms with Crippen molar-refractivity contribution in [2.24, 2.45) is 4.99 Å². The second-order valence-corrected chi connectivity index (χ2v) is 8.22. The molecule has 1 atom stereocenters. The minimum atomic E-state index is -0.238. The van der Waals surface area contributed by atoms with E-state index in [4.69, 9.17) is 4.74 Å². The molecule has 1 unspecified atom stereocenters. The van der Waals surface area contributed by atoms with Gasteiger partial charge in [-0.2, -0.15) is 0 Å². The topological polar surface area (TPSA) is 66.0 Å². The highest BCUT2D eigenvalue weighted by Crippen LogP contribution is 2.23. The van der Waals surface area contributed by atoms with E-state index in [9.17, 15) is 4.79 Å². The van der Waals surface area contributed by atoms with E-state index in [0.717, 1.165) is 49.6 Å². The number of nitrogens with zero attached hydrogens (tertiary/aromatic N) is 2. The number of rotatable bonds is 8. The molecule has 0 radical (unpaired) electrons. The summed E-state index contributed by atoms with van der Waals surface area (Å²) in [5, 5.41) is 6.73. The Morgan fingerprint density at radius 1 is 1.29 bits per heavy atom. The normalized spacial score (nSPS) is 16.2. The molecule has 0 spiro atoms. The van der Waals surface area contributed by atoms with Crippen molar-refractivity contribution in [2.45, 2.75) is 71.6 Å². The largest absolute Gasteiger partial charge is 0.488 e. The number of amides is 1. The number of likely N-dealkylation sites (tertiary alicyclic amines) is 1. The molecule has 1 aromatic carbocycles. The predicted octanol–water partition coefficient (Wildman–Crippen LogP) is 3.32. The molecule has 0 aromatic heterocycles. The van der Waals surface area contributed by atoms with E-state index >= 15 is 0 Å². The maximum absolute atomic E-state index is 12.0. The van der Waals surface area contributed by atoms with Crippen molar-refractivity contribution in [3.63, 3.8) is 0 Å². The zero-order valence-corrected chi connectivity index (χ0v) is 18.0. The van der Waals surface area contributed by atoms with Crippen LogP contribution in [0.1, 0.15) is 58.9 Å². The maximum atomic E-state index is 12.0. The van der Waals surface area contributed by atoms with E-state index in [-0.39, 0.29) is 5.60 Å². The van der Waals surface area contributed by atoms with Crippen LogP contribution < -0.4 is 15.4 Å². The Balaban J connectivity index is 1.84. The molecule has 6 heteroatoms. The lowest BCUT2D eigenvalue weighted by atomic mass is 10.1. The molecule has 1 aliphatic heterocycles. The van der Waals surface area contributed by atoms with Crippen molar-refractivity contribution in [1.29, 1.82) is 0 Å². The van der Waals surface area contributed by atoms with Gasteiger partial charge in [0, 0.05) is 44.7 Å². The molecule has 2 N–H and O–H groups in total. The number of guanidine groups is 1. The summed E-state index contributed by atoms with van der Waals surface area (Å²) in [4.78, 5) is 18.3. The van der Waals surface area contributed by atoms with Gasteiger partial charge in [0.05, 0.1) is 0 Å².